The van der Waals surface area contributed by atoms with Crippen molar-refractivity contribution in [3.8, 4) is 0 Å². The van der Waals surface area contributed by atoms with Gasteiger partial charge >= 0.3 is 0 Å². The van der Waals surface area contributed by atoms with E-state index in [-0.39, 0.29) is 0 Å². The standard InChI is InChI=1S/C10H20N2OS/c1-3-12(7-8-13-4-2)10(14)11-9-5-6-9/h9H,3-8H2,1-2H3,(H,11,14). The molecule has 0 aliphatic heterocycles. The van der Waals surface area contributed by atoms with Crippen molar-refractivity contribution in [2.24, 2.45) is 0 Å². The molecule has 1 rings (SSSR count). The average molecular weight is 216 g/mol. The maximum absolute atomic E-state index is 5.31. The summed E-state index contributed by atoms with van der Waals surface area (Å²) in [6.07, 6.45) is 2.53. The van der Waals surface area contributed by atoms with Crippen molar-refractivity contribution >= 4 is 17.3 Å². The van der Waals surface area contributed by atoms with Gasteiger partial charge in [-0.25, -0.2) is 0 Å². The molecule has 1 aliphatic carbocycles. The number of hydrogen-bond donors (Lipinski definition) is 1. The number of ether oxygens (including phenoxy) is 1. The van der Waals surface area contributed by atoms with E-state index in [1.807, 2.05) is 6.92 Å². The first-order chi connectivity index (χ1) is 6.77. The summed E-state index contributed by atoms with van der Waals surface area (Å²) in [6, 6.07) is 0.642. The van der Waals surface area contributed by atoms with Gasteiger partial charge in [-0.05, 0) is 38.9 Å². The van der Waals surface area contributed by atoms with Crippen LogP contribution in [0.25, 0.3) is 0 Å². The van der Waals surface area contributed by atoms with Crippen molar-refractivity contribution in [1.29, 1.82) is 0 Å². The summed E-state index contributed by atoms with van der Waals surface area (Å²) >= 11 is 5.30. The average Bonchev–Trinajstić information content (AvgIpc) is 2.96. The molecule has 0 bridgehead atoms. The molecule has 0 saturated heterocycles. The third-order valence-electron chi connectivity index (χ3n) is 2.28. The van der Waals surface area contributed by atoms with E-state index in [4.69, 9.17) is 17.0 Å². The first kappa shape index (κ1) is 11.7. The lowest BCUT2D eigenvalue weighted by molar-refractivity contribution is 0.133. The zero-order valence-corrected chi connectivity index (χ0v) is 9.90. The zero-order chi connectivity index (χ0) is 10.4. The third kappa shape index (κ3) is 4.24. The van der Waals surface area contributed by atoms with Crippen LogP contribution in [0.5, 0.6) is 0 Å². The van der Waals surface area contributed by atoms with Crippen molar-refractivity contribution in [3.05, 3.63) is 0 Å². The van der Waals surface area contributed by atoms with Gasteiger partial charge in [-0.1, -0.05) is 0 Å². The van der Waals surface area contributed by atoms with Crippen molar-refractivity contribution < 1.29 is 4.74 Å². The molecule has 0 aromatic carbocycles. The molecule has 1 fully saturated rings. The highest BCUT2D eigenvalue weighted by molar-refractivity contribution is 7.80. The lowest BCUT2D eigenvalue weighted by Crippen LogP contribution is -2.42. The molecule has 0 aromatic heterocycles. The van der Waals surface area contributed by atoms with Crippen LogP contribution in [-0.2, 0) is 4.74 Å². The minimum Gasteiger partial charge on any atom is -0.380 e. The normalized spacial score (nSPS) is 15.3. The quantitative estimate of drug-likeness (QED) is 0.535. The summed E-state index contributed by atoms with van der Waals surface area (Å²) < 4.78 is 5.31. The molecular weight excluding hydrogens is 196 g/mol. The molecule has 0 radical (unpaired) electrons. The number of nitrogens with zero attached hydrogens (tertiary/aromatic N) is 1. The molecule has 4 heteroatoms. The monoisotopic (exact) mass is 216 g/mol. The number of hydrogen-bond acceptors (Lipinski definition) is 2. The molecule has 1 aliphatic rings. The molecule has 0 atom stereocenters. The highest BCUT2D eigenvalue weighted by atomic mass is 32.1. The second-order valence-corrected chi connectivity index (χ2v) is 3.89. The van der Waals surface area contributed by atoms with E-state index in [2.05, 4.69) is 17.1 Å². The summed E-state index contributed by atoms with van der Waals surface area (Å²) in [5.74, 6) is 0. The summed E-state index contributed by atoms with van der Waals surface area (Å²) in [4.78, 5) is 2.16. The van der Waals surface area contributed by atoms with Gasteiger partial charge in [0.15, 0.2) is 5.11 Å². The van der Waals surface area contributed by atoms with Gasteiger partial charge in [0.1, 0.15) is 0 Å². The van der Waals surface area contributed by atoms with Gasteiger partial charge in [0.05, 0.1) is 6.61 Å². The van der Waals surface area contributed by atoms with Crippen LogP contribution in [0.15, 0.2) is 0 Å². The largest absolute Gasteiger partial charge is 0.380 e. The molecule has 1 saturated carbocycles. The lowest BCUT2D eigenvalue weighted by atomic mass is 10.5. The fraction of sp³-hybridized carbons (Fsp3) is 0.900. The molecule has 0 aromatic rings. The second-order valence-electron chi connectivity index (χ2n) is 3.50. The van der Waals surface area contributed by atoms with Crippen LogP contribution in [0.1, 0.15) is 26.7 Å². The minimum absolute atomic E-state index is 0.642. The van der Waals surface area contributed by atoms with Crippen LogP contribution in [0.4, 0.5) is 0 Å². The van der Waals surface area contributed by atoms with Crippen molar-refractivity contribution in [2.45, 2.75) is 32.7 Å². The predicted molar refractivity (Wildman–Crippen MR) is 62.5 cm³/mol. The number of rotatable bonds is 6. The van der Waals surface area contributed by atoms with Gasteiger partial charge in [0.25, 0.3) is 0 Å². The van der Waals surface area contributed by atoms with E-state index in [0.717, 1.165) is 31.4 Å². The van der Waals surface area contributed by atoms with Gasteiger partial charge < -0.3 is 15.0 Å². The van der Waals surface area contributed by atoms with Crippen LogP contribution >= 0.6 is 12.2 Å². The van der Waals surface area contributed by atoms with Crippen LogP contribution in [-0.4, -0.2) is 42.4 Å². The zero-order valence-electron chi connectivity index (χ0n) is 9.08. The Hall–Kier alpha value is -0.350. The summed E-state index contributed by atoms with van der Waals surface area (Å²) in [6.45, 7) is 7.51. The smallest absolute Gasteiger partial charge is 0.169 e. The summed E-state index contributed by atoms with van der Waals surface area (Å²) in [7, 11) is 0. The van der Waals surface area contributed by atoms with Crippen molar-refractivity contribution in [2.75, 3.05) is 26.3 Å². The van der Waals surface area contributed by atoms with E-state index < -0.39 is 0 Å². The predicted octanol–water partition coefficient (Wildman–Crippen LogP) is 1.38. The number of nitrogens with one attached hydrogen (secondary N) is 1. The number of thiocarbonyl (C=S) groups is 1. The molecular formula is C10H20N2OS. The molecule has 0 heterocycles. The molecule has 0 unspecified atom stereocenters. The van der Waals surface area contributed by atoms with Crippen molar-refractivity contribution in [1.82, 2.24) is 10.2 Å². The fourth-order valence-corrected chi connectivity index (χ4v) is 1.60. The fourth-order valence-electron chi connectivity index (χ4n) is 1.22. The maximum atomic E-state index is 5.31. The van der Waals surface area contributed by atoms with E-state index in [0.29, 0.717) is 6.04 Å². The molecule has 82 valence electrons. The van der Waals surface area contributed by atoms with Gasteiger partial charge in [-0.15, -0.1) is 0 Å². The van der Waals surface area contributed by atoms with E-state index in [1.54, 1.807) is 0 Å². The molecule has 1 N–H and O–H groups in total. The second kappa shape index (κ2) is 6.19. The van der Waals surface area contributed by atoms with E-state index >= 15 is 0 Å². The first-order valence-electron chi connectivity index (χ1n) is 5.41. The Labute approximate surface area is 91.8 Å². The Morgan fingerprint density at radius 1 is 1.50 bits per heavy atom. The highest BCUT2D eigenvalue weighted by Crippen LogP contribution is 2.18. The third-order valence-corrected chi connectivity index (χ3v) is 2.66. The Kier molecular flexibility index (Phi) is 5.19. The molecule has 14 heavy (non-hydrogen) atoms. The van der Waals surface area contributed by atoms with Crippen LogP contribution in [0.3, 0.4) is 0 Å². The van der Waals surface area contributed by atoms with E-state index in [1.165, 1.54) is 12.8 Å². The molecule has 0 spiro atoms. The molecule has 0 amide bonds. The van der Waals surface area contributed by atoms with Gasteiger partial charge in [0.2, 0.25) is 0 Å². The van der Waals surface area contributed by atoms with Crippen LogP contribution < -0.4 is 5.32 Å². The Balaban J connectivity index is 2.17. The Bertz CT molecular complexity index is 183. The van der Waals surface area contributed by atoms with E-state index in [9.17, 15) is 0 Å². The van der Waals surface area contributed by atoms with Gasteiger partial charge in [0, 0.05) is 25.7 Å². The molecule has 3 nitrogen and oxygen atoms in total. The Morgan fingerprint density at radius 3 is 2.71 bits per heavy atom. The topological polar surface area (TPSA) is 24.5 Å². The van der Waals surface area contributed by atoms with Gasteiger partial charge in [-0.3, -0.25) is 0 Å². The van der Waals surface area contributed by atoms with Crippen molar-refractivity contribution in [3.63, 3.8) is 0 Å². The van der Waals surface area contributed by atoms with Gasteiger partial charge in [-0.2, -0.15) is 0 Å². The maximum Gasteiger partial charge on any atom is 0.169 e. The summed E-state index contributed by atoms with van der Waals surface area (Å²) in [5, 5.41) is 4.22. The number of likely N-dealkylation sites (N-methyl/N-ethyl adjacent to an activating group) is 1. The highest BCUT2D eigenvalue weighted by Gasteiger charge is 2.23. The Morgan fingerprint density at radius 2 is 2.21 bits per heavy atom. The minimum atomic E-state index is 0.642. The summed E-state index contributed by atoms with van der Waals surface area (Å²) in [5.41, 5.74) is 0. The SMILES string of the molecule is CCOCCN(CC)C(=S)NC1CC1. The van der Waals surface area contributed by atoms with Crippen LogP contribution in [0.2, 0.25) is 0 Å². The first-order valence-corrected chi connectivity index (χ1v) is 5.82. The van der Waals surface area contributed by atoms with Crippen LogP contribution in [0, 0.1) is 0 Å². The lowest BCUT2D eigenvalue weighted by Gasteiger charge is -2.24.